The molecule has 0 saturated carbocycles. The molecule has 0 spiro atoms. The number of furan rings is 1. The van der Waals surface area contributed by atoms with Crippen LogP contribution in [0.25, 0.3) is 0 Å². The molecule has 3 nitrogen and oxygen atoms in total. The minimum atomic E-state index is 0.0495. The highest BCUT2D eigenvalue weighted by atomic mass is 79.9. The summed E-state index contributed by atoms with van der Waals surface area (Å²) in [6, 6.07) is 7.75. The Labute approximate surface area is 137 Å². The number of anilines is 1. The maximum Gasteiger partial charge on any atom is 0.169 e. The molecule has 1 unspecified atom stereocenters. The van der Waals surface area contributed by atoms with Crippen molar-refractivity contribution in [2.24, 2.45) is 0 Å². The molecule has 1 aromatic heterocycles. The molecular formula is C13H12Br3NO2. The average molecular weight is 454 g/mol. The normalized spacial score (nSPS) is 12.3. The van der Waals surface area contributed by atoms with Crippen molar-refractivity contribution in [3.05, 3.63) is 43.6 Å². The number of hydrogen-bond acceptors (Lipinski definition) is 3. The third-order valence-corrected chi connectivity index (χ3v) is 4.34. The molecule has 0 bridgehead atoms. The van der Waals surface area contributed by atoms with Crippen molar-refractivity contribution in [1.29, 1.82) is 0 Å². The fourth-order valence-corrected chi connectivity index (χ4v) is 3.25. The van der Waals surface area contributed by atoms with Gasteiger partial charge in [-0.05, 0) is 72.9 Å². The first-order chi connectivity index (χ1) is 9.01. The van der Waals surface area contributed by atoms with Crippen LogP contribution in [0.1, 0.15) is 18.7 Å². The Morgan fingerprint density at radius 1 is 1.16 bits per heavy atom. The first kappa shape index (κ1) is 14.9. The van der Waals surface area contributed by atoms with Crippen LogP contribution in [0, 0.1) is 0 Å². The molecule has 19 heavy (non-hydrogen) atoms. The molecule has 0 amide bonds. The van der Waals surface area contributed by atoms with E-state index in [4.69, 9.17) is 9.15 Å². The fraction of sp³-hybridized carbons (Fsp3) is 0.231. The summed E-state index contributed by atoms with van der Waals surface area (Å²) in [7, 11) is 1.64. The summed E-state index contributed by atoms with van der Waals surface area (Å²) >= 11 is 10.3. The topological polar surface area (TPSA) is 34.4 Å². The van der Waals surface area contributed by atoms with Gasteiger partial charge in [-0.1, -0.05) is 0 Å². The summed E-state index contributed by atoms with van der Waals surface area (Å²) in [6.07, 6.45) is 0. The smallest absolute Gasteiger partial charge is 0.169 e. The Balaban J connectivity index is 2.23. The van der Waals surface area contributed by atoms with Crippen molar-refractivity contribution in [3.63, 3.8) is 0 Å². The number of nitrogens with one attached hydrogen (secondary N) is 1. The first-order valence-corrected chi connectivity index (χ1v) is 7.94. The van der Waals surface area contributed by atoms with E-state index in [1.165, 1.54) is 0 Å². The van der Waals surface area contributed by atoms with E-state index >= 15 is 0 Å². The van der Waals surface area contributed by atoms with Gasteiger partial charge in [0.1, 0.15) is 11.5 Å². The van der Waals surface area contributed by atoms with E-state index in [0.29, 0.717) is 0 Å². The van der Waals surface area contributed by atoms with Crippen molar-refractivity contribution >= 4 is 53.5 Å². The van der Waals surface area contributed by atoms with Crippen molar-refractivity contribution in [1.82, 2.24) is 0 Å². The van der Waals surface area contributed by atoms with Gasteiger partial charge in [0.05, 0.1) is 23.3 Å². The molecular weight excluding hydrogens is 442 g/mol. The molecule has 1 atom stereocenters. The molecule has 1 heterocycles. The van der Waals surface area contributed by atoms with Gasteiger partial charge in [-0.3, -0.25) is 0 Å². The molecule has 0 aliphatic heterocycles. The molecule has 2 rings (SSSR count). The number of rotatable bonds is 4. The lowest BCUT2D eigenvalue weighted by molar-refractivity contribution is 0.412. The number of benzene rings is 1. The van der Waals surface area contributed by atoms with Crippen LogP contribution in [0.15, 0.2) is 42.3 Å². The zero-order valence-electron chi connectivity index (χ0n) is 10.3. The second-order valence-corrected chi connectivity index (χ2v) is 6.46. The Kier molecular flexibility index (Phi) is 4.97. The van der Waals surface area contributed by atoms with Crippen LogP contribution in [0.3, 0.4) is 0 Å². The zero-order chi connectivity index (χ0) is 14.0. The van der Waals surface area contributed by atoms with Crippen LogP contribution < -0.4 is 10.1 Å². The second-order valence-electron chi connectivity index (χ2n) is 3.97. The van der Waals surface area contributed by atoms with E-state index in [2.05, 4.69) is 53.1 Å². The van der Waals surface area contributed by atoms with Crippen LogP contribution in [-0.4, -0.2) is 7.11 Å². The number of hydrogen-bond donors (Lipinski definition) is 1. The van der Waals surface area contributed by atoms with Gasteiger partial charge in [-0.2, -0.15) is 0 Å². The summed E-state index contributed by atoms with van der Waals surface area (Å²) in [5.41, 5.74) is 0.945. The highest BCUT2D eigenvalue weighted by molar-refractivity contribution is 9.11. The van der Waals surface area contributed by atoms with Crippen molar-refractivity contribution in [3.8, 4) is 5.75 Å². The van der Waals surface area contributed by atoms with Gasteiger partial charge < -0.3 is 14.5 Å². The maximum atomic E-state index is 5.54. The van der Waals surface area contributed by atoms with Gasteiger partial charge >= 0.3 is 0 Å². The summed E-state index contributed by atoms with van der Waals surface area (Å²) in [5, 5.41) is 3.38. The van der Waals surface area contributed by atoms with E-state index in [-0.39, 0.29) is 6.04 Å². The van der Waals surface area contributed by atoms with Gasteiger partial charge in [0.15, 0.2) is 4.67 Å². The Morgan fingerprint density at radius 2 is 1.89 bits per heavy atom. The largest absolute Gasteiger partial charge is 0.495 e. The first-order valence-electron chi connectivity index (χ1n) is 5.56. The Bertz CT molecular complexity index is 583. The van der Waals surface area contributed by atoms with Crippen LogP contribution in [0.4, 0.5) is 5.69 Å². The predicted molar refractivity (Wildman–Crippen MR) is 86.8 cm³/mol. The second kappa shape index (κ2) is 6.33. The number of halogens is 3. The predicted octanol–water partition coefficient (Wildman–Crippen LogP) is 5.75. The molecule has 0 aliphatic carbocycles. The molecule has 0 saturated heterocycles. The third-order valence-electron chi connectivity index (χ3n) is 2.63. The Morgan fingerprint density at radius 3 is 2.47 bits per heavy atom. The summed E-state index contributed by atoms with van der Waals surface area (Å²) in [5.74, 6) is 1.64. The van der Waals surface area contributed by atoms with Crippen molar-refractivity contribution in [2.75, 3.05) is 12.4 Å². The lowest BCUT2D eigenvalue weighted by atomic mass is 10.2. The fourth-order valence-electron chi connectivity index (χ4n) is 1.66. The summed E-state index contributed by atoms with van der Waals surface area (Å²) in [4.78, 5) is 0. The quantitative estimate of drug-likeness (QED) is 0.640. The Hall–Kier alpha value is -0.460. The van der Waals surface area contributed by atoms with Crippen molar-refractivity contribution in [2.45, 2.75) is 13.0 Å². The van der Waals surface area contributed by atoms with Crippen LogP contribution in [0.2, 0.25) is 0 Å². The van der Waals surface area contributed by atoms with Gasteiger partial charge in [-0.15, -0.1) is 0 Å². The van der Waals surface area contributed by atoms with E-state index in [0.717, 1.165) is 30.8 Å². The monoisotopic (exact) mass is 451 g/mol. The molecule has 1 N–H and O–H groups in total. The zero-order valence-corrected chi connectivity index (χ0v) is 15.1. The van der Waals surface area contributed by atoms with Crippen LogP contribution >= 0.6 is 47.8 Å². The molecule has 102 valence electrons. The van der Waals surface area contributed by atoms with E-state index in [1.54, 1.807) is 7.11 Å². The van der Waals surface area contributed by atoms with Gasteiger partial charge in [0.2, 0.25) is 0 Å². The molecule has 0 radical (unpaired) electrons. The molecule has 1 aromatic carbocycles. The molecule has 0 fully saturated rings. The van der Waals surface area contributed by atoms with Crippen LogP contribution in [0.5, 0.6) is 5.75 Å². The summed E-state index contributed by atoms with van der Waals surface area (Å²) < 4.78 is 13.4. The van der Waals surface area contributed by atoms with Gasteiger partial charge in [0, 0.05) is 10.5 Å². The SMILES string of the molecule is COc1cc(NC(C)c2ccc(Br)o2)c(Br)cc1Br. The number of methoxy groups -OCH3 is 1. The average Bonchev–Trinajstić information content (AvgIpc) is 2.79. The lowest BCUT2D eigenvalue weighted by Crippen LogP contribution is -2.06. The standard InChI is InChI=1S/C13H12Br3NO2/c1-7(11-3-4-13(16)19-11)17-10-6-12(18-2)9(15)5-8(10)14/h3-7,17H,1-2H3. The highest BCUT2D eigenvalue weighted by Crippen LogP contribution is 2.36. The van der Waals surface area contributed by atoms with E-state index < -0.39 is 0 Å². The van der Waals surface area contributed by atoms with Crippen molar-refractivity contribution < 1.29 is 9.15 Å². The highest BCUT2D eigenvalue weighted by Gasteiger charge is 2.13. The van der Waals surface area contributed by atoms with E-state index in [1.807, 2.05) is 31.2 Å². The lowest BCUT2D eigenvalue weighted by Gasteiger charge is -2.16. The van der Waals surface area contributed by atoms with Gasteiger partial charge in [0.25, 0.3) is 0 Å². The molecule has 0 aliphatic rings. The van der Waals surface area contributed by atoms with Crippen LogP contribution in [-0.2, 0) is 0 Å². The molecule has 6 heteroatoms. The molecule has 2 aromatic rings. The summed E-state index contributed by atoms with van der Waals surface area (Å²) in [6.45, 7) is 2.03. The minimum absolute atomic E-state index is 0.0495. The van der Waals surface area contributed by atoms with E-state index in [9.17, 15) is 0 Å². The third kappa shape index (κ3) is 3.55. The number of ether oxygens (including phenoxy) is 1. The van der Waals surface area contributed by atoms with Gasteiger partial charge in [-0.25, -0.2) is 0 Å². The maximum absolute atomic E-state index is 5.54. The minimum Gasteiger partial charge on any atom is -0.495 e.